The third-order valence-corrected chi connectivity index (χ3v) is 4.02. The summed E-state index contributed by atoms with van der Waals surface area (Å²) in [6, 6.07) is 11.7. The predicted molar refractivity (Wildman–Crippen MR) is 96.6 cm³/mol. The summed E-state index contributed by atoms with van der Waals surface area (Å²) in [5.41, 5.74) is 1.57. The minimum Gasteiger partial charge on any atom is -0.493 e. The zero-order valence-corrected chi connectivity index (χ0v) is 14.3. The van der Waals surface area contributed by atoms with E-state index in [1.807, 2.05) is 24.3 Å². The van der Waals surface area contributed by atoms with E-state index in [9.17, 15) is 14.0 Å². The zero-order valence-electron chi connectivity index (χ0n) is 14.3. The fourth-order valence-corrected chi connectivity index (χ4v) is 2.84. The quantitative estimate of drug-likeness (QED) is 0.769. The first-order valence-electron chi connectivity index (χ1n) is 8.35. The van der Waals surface area contributed by atoms with Gasteiger partial charge < -0.3 is 20.7 Å². The number of fused-ring (bicyclic) bond motifs is 1. The van der Waals surface area contributed by atoms with Crippen molar-refractivity contribution in [2.24, 2.45) is 0 Å². The summed E-state index contributed by atoms with van der Waals surface area (Å²) in [6.45, 7) is 1.89. The molecule has 7 heteroatoms. The number of hydrogen-bond donors (Lipinski definition) is 3. The van der Waals surface area contributed by atoms with Crippen LogP contribution in [0, 0.1) is 5.82 Å². The normalized spacial score (nSPS) is 15.4. The molecule has 0 radical (unpaired) electrons. The van der Waals surface area contributed by atoms with Gasteiger partial charge in [0.2, 0.25) is 11.8 Å². The summed E-state index contributed by atoms with van der Waals surface area (Å²) in [5, 5.41) is 8.33. The average molecular weight is 357 g/mol. The predicted octanol–water partition coefficient (Wildman–Crippen LogP) is 2.84. The maximum atomic E-state index is 13.6. The molecule has 2 aromatic rings. The Morgan fingerprint density at radius 3 is 2.85 bits per heavy atom. The van der Waals surface area contributed by atoms with Crippen LogP contribution >= 0.6 is 0 Å². The van der Waals surface area contributed by atoms with E-state index in [-0.39, 0.29) is 30.1 Å². The van der Waals surface area contributed by atoms with E-state index in [0.717, 1.165) is 11.3 Å². The van der Waals surface area contributed by atoms with E-state index in [0.29, 0.717) is 18.7 Å². The molecular formula is C19H20FN3O3. The lowest BCUT2D eigenvalue weighted by Crippen LogP contribution is -2.35. The summed E-state index contributed by atoms with van der Waals surface area (Å²) < 4.78 is 19.2. The highest BCUT2D eigenvalue weighted by Gasteiger charge is 2.22. The van der Waals surface area contributed by atoms with Crippen molar-refractivity contribution in [1.82, 2.24) is 5.32 Å². The van der Waals surface area contributed by atoms with Gasteiger partial charge in [0, 0.05) is 24.6 Å². The van der Waals surface area contributed by atoms with Gasteiger partial charge >= 0.3 is 0 Å². The van der Waals surface area contributed by atoms with Gasteiger partial charge in [-0.25, -0.2) is 4.39 Å². The number of amides is 2. The number of para-hydroxylation sites is 1. The highest BCUT2D eigenvalue weighted by molar-refractivity contribution is 5.89. The molecule has 2 amide bonds. The van der Waals surface area contributed by atoms with Crippen molar-refractivity contribution < 1.29 is 18.7 Å². The molecule has 136 valence electrons. The molecule has 3 N–H and O–H groups in total. The summed E-state index contributed by atoms with van der Waals surface area (Å²) in [7, 11) is 0. The summed E-state index contributed by atoms with van der Waals surface area (Å²) in [6.07, 6.45) is 0.700. The lowest BCUT2D eigenvalue weighted by molar-refractivity contribution is -0.120. The highest BCUT2D eigenvalue weighted by Crippen LogP contribution is 2.31. The third kappa shape index (κ3) is 4.30. The first-order chi connectivity index (χ1) is 12.5. The van der Waals surface area contributed by atoms with Crippen LogP contribution in [0.15, 0.2) is 42.5 Å². The number of ether oxygens (including phenoxy) is 1. The zero-order chi connectivity index (χ0) is 18.5. The van der Waals surface area contributed by atoms with E-state index in [2.05, 4.69) is 16.0 Å². The molecule has 1 heterocycles. The number of halogens is 1. The summed E-state index contributed by atoms with van der Waals surface area (Å²) >= 11 is 0. The average Bonchev–Trinajstić information content (AvgIpc) is 2.62. The van der Waals surface area contributed by atoms with Crippen molar-refractivity contribution in [3.63, 3.8) is 0 Å². The molecule has 6 nitrogen and oxygen atoms in total. The Morgan fingerprint density at radius 2 is 2.04 bits per heavy atom. The second-order valence-electron chi connectivity index (χ2n) is 6.02. The molecule has 0 unspecified atom stereocenters. The van der Waals surface area contributed by atoms with Gasteiger partial charge in [0.15, 0.2) is 0 Å². The molecule has 26 heavy (non-hydrogen) atoms. The number of carbonyl (C=O) groups is 2. The van der Waals surface area contributed by atoms with Crippen molar-refractivity contribution in [2.45, 2.75) is 19.4 Å². The maximum Gasteiger partial charge on any atom is 0.239 e. The third-order valence-electron chi connectivity index (χ3n) is 4.02. The van der Waals surface area contributed by atoms with Crippen LogP contribution in [-0.4, -0.2) is 25.0 Å². The molecule has 2 aromatic carbocycles. The van der Waals surface area contributed by atoms with Crippen LogP contribution in [0.2, 0.25) is 0 Å². The van der Waals surface area contributed by atoms with Gasteiger partial charge in [0.1, 0.15) is 11.6 Å². The molecule has 0 aromatic heterocycles. The van der Waals surface area contributed by atoms with E-state index < -0.39 is 5.82 Å². The van der Waals surface area contributed by atoms with E-state index in [1.54, 1.807) is 0 Å². The smallest absolute Gasteiger partial charge is 0.239 e. The molecule has 1 aliphatic rings. The van der Waals surface area contributed by atoms with Crippen LogP contribution in [0.3, 0.4) is 0 Å². The van der Waals surface area contributed by atoms with Crippen molar-refractivity contribution >= 4 is 23.2 Å². The van der Waals surface area contributed by atoms with Gasteiger partial charge in [-0.15, -0.1) is 0 Å². The Kier molecular flexibility index (Phi) is 5.36. The van der Waals surface area contributed by atoms with Crippen LogP contribution in [-0.2, 0) is 9.59 Å². The fraction of sp³-hybridized carbons (Fsp3) is 0.263. The Bertz CT molecular complexity index is 825. The summed E-state index contributed by atoms with van der Waals surface area (Å²) in [4.78, 5) is 23.4. The Hall–Kier alpha value is -3.09. The SMILES string of the molecule is CC(=O)Nc1cc(NCC(=O)N[C@@H]2CCOc3ccccc32)ccc1F. The topological polar surface area (TPSA) is 79.5 Å². The maximum absolute atomic E-state index is 13.6. The van der Waals surface area contributed by atoms with Crippen LogP contribution in [0.4, 0.5) is 15.8 Å². The molecule has 0 saturated heterocycles. The van der Waals surface area contributed by atoms with Crippen LogP contribution in [0.1, 0.15) is 24.9 Å². The second kappa shape index (κ2) is 7.86. The van der Waals surface area contributed by atoms with Gasteiger partial charge in [-0.2, -0.15) is 0 Å². The van der Waals surface area contributed by atoms with Gasteiger partial charge in [0.25, 0.3) is 0 Å². The number of hydrogen-bond acceptors (Lipinski definition) is 4. The van der Waals surface area contributed by atoms with Crippen LogP contribution in [0.5, 0.6) is 5.75 Å². The number of rotatable bonds is 5. The van der Waals surface area contributed by atoms with Crippen molar-refractivity contribution in [2.75, 3.05) is 23.8 Å². The van der Waals surface area contributed by atoms with E-state index in [4.69, 9.17) is 4.74 Å². The second-order valence-corrected chi connectivity index (χ2v) is 6.02. The molecule has 0 spiro atoms. The molecule has 1 aliphatic heterocycles. The molecule has 3 rings (SSSR count). The number of carbonyl (C=O) groups excluding carboxylic acids is 2. The number of nitrogens with one attached hydrogen (secondary N) is 3. The lowest BCUT2D eigenvalue weighted by Gasteiger charge is -2.26. The van der Waals surface area contributed by atoms with Gasteiger partial charge in [-0.05, 0) is 24.3 Å². The van der Waals surface area contributed by atoms with Gasteiger partial charge in [0.05, 0.1) is 24.9 Å². The lowest BCUT2D eigenvalue weighted by atomic mass is 10.0. The Morgan fingerprint density at radius 1 is 1.23 bits per heavy atom. The molecule has 0 fully saturated rings. The summed E-state index contributed by atoms with van der Waals surface area (Å²) in [5.74, 6) is -0.293. The van der Waals surface area contributed by atoms with Crippen molar-refractivity contribution in [3.8, 4) is 5.75 Å². The first-order valence-corrected chi connectivity index (χ1v) is 8.35. The largest absolute Gasteiger partial charge is 0.493 e. The number of anilines is 2. The Labute approximate surface area is 150 Å². The van der Waals surface area contributed by atoms with Crippen molar-refractivity contribution in [3.05, 3.63) is 53.8 Å². The minimum atomic E-state index is -0.533. The first kappa shape index (κ1) is 17.7. The van der Waals surface area contributed by atoms with Crippen molar-refractivity contribution in [1.29, 1.82) is 0 Å². The minimum absolute atomic E-state index is 0.0324. The molecular weight excluding hydrogens is 337 g/mol. The molecule has 0 saturated carbocycles. The van der Waals surface area contributed by atoms with Gasteiger partial charge in [-0.1, -0.05) is 18.2 Å². The van der Waals surface area contributed by atoms with E-state index >= 15 is 0 Å². The molecule has 1 atom stereocenters. The molecule has 0 bridgehead atoms. The van der Waals surface area contributed by atoms with Crippen LogP contribution < -0.4 is 20.7 Å². The monoisotopic (exact) mass is 357 g/mol. The standard InChI is InChI=1S/C19H20FN3O3/c1-12(24)22-17-10-13(6-7-15(17)20)21-11-19(25)23-16-8-9-26-18-5-3-2-4-14(16)18/h2-7,10,16,21H,8-9,11H2,1H3,(H,22,24)(H,23,25)/t16-/m1/s1. The highest BCUT2D eigenvalue weighted by atomic mass is 19.1. The Balaban J connectivity index is 1.59. The van der Waals surface area contributed by atoms with Crippen LogP contribution in [0.25, 0.3) is 0 Å². The fourth-order valence-electron chi connectivity index (χ4n) is 2.84. The van der Waals surface area contributed by atoms with Gasteiger partial charge in [-0.3, -0.25) is 9.59 Å². The number of benzene rings is 2. The van der Waals surface area contributed by atoms with E-state index in [1.165, 1.54) is 25.1 Å². The molecule has 0 aliphatic carbocycles.